The van der Waals surface area contributed by atoms with E-state index >= 15 is 0 Å². The van der Waals surface area contributed by atoms with Crippen LogP contribution in [0.25, 0.3) is 0 Å². The molecule has 0 amide bonds. The van der Waals surface area contributed by atoms with E-state index in [-0.39, 0.29) is 0 Å². The summed E-state index contributed by atoms with van der Waals surface area (Å²) in [6.07, 6.45) is 0. The van der Waals surface area contributed by atoms with Crippen LogP contribution in [0.4, 0.5) is 5.69 Å². The van der Waals surface area contributed by atoms with Crippen molar-refractivity contribution in [3.05, 3.63) is 57.6 Å². The van der Waals surface area contributed by atoms with Crippen molar-refractivity contribution in [2.45, 2.75) is 41.2 Å². The maximum Gasteiger partial charge on any atom is 0.161 e. The summed E-state index contributed by atoms with van der Waals surface area (Å²) in [5.41, 5.74) is 9.55. The van der Waals surface area contributed by atoms with E-state index in [0.717, 1.165) is 12.3 Å². The highest BCUT2D eigenvalue weighted by Gasteiger charge is 2.22. The molecule has 2 nitrogen and oxygen atoms in total. The third-order valence-corrected chi connectivity index (χ3v) is 4.99. The summed E-state index contributed by atoms with van der Waals surface area (Å²) in [6.45, 7) is 12.7. The highest BCUT2D eigenvalue weighted by molar-refractivity contribution is 5.66. The molecule has 3 rings (SSSR count). The summed E-state index contributed by atoms with van der Waals surface area (Å²) in [4.78, 5) is 2.35. The lowest BCUT2D eigenvalue weighted by molar-refractivity contribution is 0.289. The SMILES string of the molecule is Cc1c(C)c(C)c(N2COc3ccccc3C2)c(C)c1C. The van der Waals surface area contributed by atoms with Gasteiger partial charge in [0, 0.05) is 17.8 Å². The van der Waals surface area contributed by atoms with Gasteiger partial charge in [-0.1, -0.05) is 18.2 Å². The lowest BCUT2D eigenvalue weighted by Crippen LogP contribution is -2.33. The number of hydrogen-bond donors (Lipinski definition) is 0. The molecule has 0 spiro atoms. The summed E-state index contributed by atoms with van der Waals surface area (Å²) in [5.74, 6) is 1.02. The summed E-state index contributed by atoms with van der Waals surface area (Å²) >= 11 is 0. The molecule has 21 heavy (non-hydrogen) atoms. The maximum atomic E-state index is 5.94. The Morgan fingerprint density at radius 3 is 2.05 bits per heavy atom. The van der Waals surface area contributed by atoms with Crippen molar-refractivity contribution in [1.29, 1.82) is 0 Å². The van der Waals surface area contributed by atoms with Crippen LogP contribution in [0.2, 0.25) is 0 Å². The van der Waals surface area contributed by atoms with Gasteiger partial charge < -0.3 is 9.64 Å². The molecule has 0 aromatic heterocycles. The van der Waals surface area contributed by atoms with Crippen molar-refractivity contribution in [1.82, 2.24) is 0 Å². The summed E-state index contributed by atoms with van der Waals surface area (Å²) in [7, 11) is 0. The van der Waals surface area contributed by atoms with Crippen LogP contribution >= 0.6 is 0 Å². The second kappa shape index (κ2) is 5.10. The van der Waals surface area contributed by atoms with E-state index in [2.05, 4.69) is 57.7 Å². The molecule has 0 N–H and O–H groups in total. The zero-order valence-electron chi connectivity index (χ0n) is 13.6. The number of ether oxygens (including phenoxy) is 1. The molecule has 0 unspecified atom stereocenters. The molecular formula is C19H23NO. The molecule has 1 heterocycles. The number of nitrogens with zero attached hydrogens (tertiary/aromatic N) is 1. The molecule has 0 fully saturated rings. The van der Waals surface area contributed by atoms with Crippen LogP contribution in [0.15, 0.2) is 24.3 Å². The first kappa shape index (κ1) is 14.0. The molecule has 1 aliphatic rings. The molecule has 2 heteroatoms. The third kappa shape index (κ3) is 2.19. The normalized spacial score (nSPS) is 13.9. The zero-order valence-corrected chi connectivity index (χ0v) is 13.6. The van der Waals surface area contributed by atoms with Crippen molar-refractivity contribution >= 4 is 5.69 Å². The largest absolute Gasteiger partial charge is 0.473 e. The van der Waals surface area contributed by atoms with Gasteiger partial charge in [-0.15, -0.1) is 0 Å². The van der Waals surface area contributed by atoms with E-state index in [0.29, 0.717) is 6.73 Å². The van der Waals surface area contributed by atoms with Gasteiger partial charge in [0.05, 0.1) is 0 Å². The maximum absolute atomic E-state index is 5.94. The average molecular weight is 281 g/mol. The fourth-order valence-electron chi connectivity index (χ4n) is 3.27. The van der Waals surface area contributed by atoms with Crippen molar-refractivity contribution in [2.75, 3.05) is 11.6 Å². The van der Waals surface area contributed by atoms with Gasteiger partial charge in [0.25, 0.3) is 0 Å². The fraction of sp³-hybridized carbons (Fsp3) is 0.368. The monoisotopic (exact) mass is 281 g/mol. The van der Waals surface area contributed by atoms with Crippen molar-refractivity contribution in [3.63, 3.8) is 0 Å². The quantitative estimate of drug-likeness (QED) is 0.758. The van der Waals surface area contributed by atoms with Gasteiger partial charge in [0.15, 0.2) is 6.73 Å². The van der Waals surface area contributed by atoms with Gasteiger partial charge in [-0.05, 0) is 68.5 Å². The van der Waals surface area contributed by atoms with Crippen LogP contribution in [-0.2, 0) is 6.54 Å². The molecule has 0 atom stereocenters. The fourth-order valence-corrected chi connectivity index (χ4v) is 3.27. The van der Waals surface area contributed by atoms with Gasteiger partial charge >= 0.3 is 0 Å². The predicted octanol–water partition coefficient (Wildman–Crippen LogP) is 4.59. The minimum atomic E-state index is 0.626. The van der Waals surface area contributed by atoms with Gasteiger partial charge in [-0.3, -0.25) is 0 Å². The molecule has 0 saturated heterocycles. The van der Waals surface area contributed by atoms with Crippen LogP contribution in [0, 0.1) is 34.6 Å². The predicted molar refractivity (Wildman–Crippen MR) is 88.2 cm³/mol. The molecule has 110 valence electrons. The van der Waals surface area contributed by atoms with E-state index in [1.807, 2.05) is 6.07 Å². The van der Waals surface area contributed by atoms with Crippen molar-refractivity contribution in [3.8, 4) is 5.75 Å². The summed E-state index contributed by atoms with van der Waals surface area (Å²) in [6, 6.07) is 8.32. The molecule has 1 aliphatic heterocycles. The summed E-state index contributed by atoms with van der Waals surface area (Å²) < 4.78 is 5.94. The lowest BCUT2D eigenvalue weighted by atomic mass is 9.92. The highest BCUT2D eigenvalue weighted by Crippen LogP contribution is 2.36. The van der Waals surface area contributed by atoms with Crippen LogP contribution in [-0.4, -0.2) is 6.73 Å². The average Bonchev–Trinajstić information content (AvgIpc) is 2.51. The molecule has 0 bridgehead atoms. The zero-order chi connectivity index (χ0) is 15.1. The van der Waals surface area contributed by atoms with Crippen molar-refractivity contribution in [2.24, 2.45) is 0 Å². The van der Waals surface area contributed by atoms with E-state index in [1.54, 1.807) is 0 Å². The van der Waals surface area contributed by atoms with E-state index in [1.165, 1.54) is 39.1 Å². The lowest BCUT2D eigenvalue weighted by Gasteiger charge is -2.34. The molecule has 2 aromatic rings. The Bertz CT molecular complexity index is 674. The van der Waals surface area contributed by atoms with Crippen LogP contribution in [0.5, 0.6) is 5.75 Å². The van der Waals surface area contributed by atoms with E-state index < -0.39 is 0 Å². The van der Waals surface area contributed by atoms with Gasteiger partial charge in [-0.2, -0.15) is 0 Å². The second-order valence-corrected chi connectivity index (χ2v) is 6.05. The number of anilines is 1. The first-order valence-corrected chi connectivity index (χ1v) is 7.53. The third-order valence-electron chi connectivity index (χ3n) is 4.99. The first-order valence-electron chi connectivity index (χ1n) is 7.53. The number of hydrogen-bond acceptors (Lipinski definition) is 2. The summed E-state index contributed by atoms with van der Waals surface area (Å²) in [5, 5.41) is 0. The van der Waals surface area contributed by atoms with Gasteiger partial charge in [0.2, 0.25) is 0 Å². The standard InChI is InChI=1S/C19H23NO/c1-12-13(2)15(4)19(16(5)14(12)3)20-10-17-8-6-7-9-18(17)21-11-20/h6-9H,10-11H2,1-5H3. The molecule has 0 saturated carbocycles. The Morgan fingerprint density at radius 1 is 0.810 bits per heavy atom. The number of para-hydroxylation sites is 1. The van der Waals surface area contributed by atoms with Crippen LogP contribution in [0.3, 0.4) is 0 Å². The minimum absolute atomic E-state index is 0.626. The smallest absolute Gasteiger partial charge is 0.161 e. The Balaban J connectivity index is 2.07. The van der Waals surface area contributed by atoms with Crippen molar-refractivity contribution < 1.29 is 4.74 Å². The number of benzene rings is 2. The van der Waals surface area contributed by atoms with Gasteiger partial charge in [0.1, 0.15) is 5.75 Å². The first-order chi connectivity index (χ1) is 10.0. The Hall–Kier alpha value is -1.96. The van der Waals surface area contributed by atoms with Gasteiger partial charge in [-0.25, -0.2) is 0 Å². The van der Waals surface area contributed by atoms with Crippen LogP contribution in [0.1, 0.15) is 33.4 Å². The van der Waals surface area contributed by atoms with E-state index in [9.17, 15) is 0 Å². The molecule has 0 radical (unpaired) electrons. The molecular weight excluding hydrogens is 258 g/mol. The number of rotatable bonds is 1. The molecule has 2 aromatic carbocycles. The van der Waals surface area contributed by atoms with Crippen LogP contribution < -0.4 is 9.64 Å². The Kier molecular flexibility index (Phi) is 3.40. The molecule has 0 aliphatic carbocycles. The second-order valence-electron chi connectivity index (χ2n) is 6.05. The topological polar surface area (TPSA) is 12.5 Å². The Morgan fingerprint density at radius 2 is 1.38 bits per heavy atom. The van der Waals surface area contributed by atoms with E-state index in [4.69, 9.17) is 4.74 Å². The highest BCUT2D eigenvalue weighted by atomic mass is 16.5. The number of fused-ring (bicyclic) bond motifs is 1. The minimum Gasteiger partial charge on any atom is -0.473 e. The Labute approximate surface area is 127 Å².